The molecule has 0 saturated heterocycles. The third-order valence-corrected chi connectivity index (χ3v) is 5.87. The topological polar surface area (TPSA) is 99.3 Å². The van der Waals surface area contributed by atoms with Gasteiger partial charge in [0.05, 0.1) is 29.4 Å². The van der Waals surface area contributed by atoms with Crippen molar-refractivity contribution in [3.05, 3.63) is 29.3 Å². The third kappa shape index (κ3) is 4.21. The lowest BCUT2D eigenvalue weighted by atomic mass is 10.2. The molecule has 0 fully saturated rings. The molecule has 0 aliphatic carbocycles. The Labute approximate surface area is 174 Å². The van der Waals surface area contributed by atoms with Crippen LogP contribution in [0.3, 0.4) is 0 Å². The molecule has 8 nitrogen and oxygen atoms in total. The number of ether oxygens (including phenoxy) is 1. The second-order valence-corrected chi connectivity index (χ2v) is 8.84. The Balaban J connectivity index is 2.00. The molecule has 30 heavy (non-hydrogen) atoms. The van der Waals surface area contributed by atoms with Crippen molar-refractivity contribution in [2.45, 2.75) is 24.0 Å². The van der Waals surface area contributed by atoms with Gasteiger partial charge in [0.2, 0.25) is 5.88 Å². The van der Waals surface area contributed by atoms with E-state index < -0.39 is 34.4 Å². The van der Waals surface area contributed by atoms with Gasteiger partial charge in [-0.05, 0) is 22.0 Å². The van der Waals surface area contributed by atoms with Crippen LogP contribution in [0.5, 0.6) is 5.88 Å². The van der Waals surface area contributed by atoms with E-state index in [1.165, 1.54) is 23.7 Å². The van der Waals surface area contributed by atoms with Crippen LogP contribution in [0.15, 0.2) is 34.3 Å². The third-order valence-electron chi connectivity index (χ3n) is 3.79. The van der Waals surface area contributed by atoms with Crippen LogP contribution in [0, 0.1) is 0 Å². The Hall–Kier alpha value is -2.42. The maximum absolute atomic E-state index is 13.0. The van der Waals surface area contributed by atoms with Crippen LogP contribution in [0.2, 0.25) is 0 Å². The van der Waals surface area contributed by atoms with Crippen LogP contribution in [0.4, 0.5) is 22.0 Å². The first-order valence-corrected chi connectivity index (χ1v) is 10.5. The highest BCUT2D eigenvalue weighted by atomic mass is 79.9. The molecule has 0 aromatic carbocycles. The SMILES string of the molecule is CCS(=O)(=O)c1nn2ccc(Br)nc2c1-c1cnc(OCC(F)(F)C(F)(F)F)cn1. The van der Waals surface area contributed by atoms with E-state index in [2.05, 4.69) is 40.7 Å². The molecular formula is C15H11BrF5N5O3S. The first-order valence-electron chi connectivity index (χ1n) is 8.03. The monoisotopic (exact) mass is 515 g/mol. The summed E-state index contributed by atoms with van der Waals surface area (Å²) in [6.07, 6.45) is -2.56. The van der Waals surface area contributed by atoms with Gasteiger partial charge in [-0.2, -0.15) is 27.1 Å². The van der Waals surface area contributed by atoms with Crippen LogP contribution in [0.1, 0.15) is 6.92 Å². The van der Waals surface area contributed by atoms with Gasteiger partial charge in [-0.3, -0.25) is 0 Å². The van der Waals surface area contributed by atoms with Crippen molar-refractivity contribution in [3.8, 4) is 17.1 Å². The number of fused-ring (bicyclic) bond motifs is 1. The summed E-state index contributed by atoms with van der Waals surface area (Å²) in [5, 5.41) is 3.68. The minimum atomic E-state index is -5.78. The number of sulfone groups is 1. The molecule has 0 N–H and O–H groups in total. The number of alkyl halides is 5. The number of hydrogen-bond acceptors (Lipinski definition) is 7. The zero-order valence-electron chi connectivity index (χ0n) is 14.9. The fourth-order valence-electron chi connectivity index (χ4n) is 2.23. The van der Waals surface area contributed by atoms with Crippen molar-refractivity contribution in [2.75, 3.05) is 12.4 Å². The molecule has 0 amide bonds. The smallest absolute Gasteiger partial charge is 0.456 e. The maximum Gasteiger partial charge on any atom is 0.456 e. The highest BCUT2D eigenvalue weighted by Gasteiger charge is 2.58. The van der Waals surface area contributed by atoms with Gasteiger partial charge in [-0.25, -0.2) is 27.9 Å². The van der Waals surface area contributed by atoms with Gasteiger partial charge in [0, 0.05) is 6.20 Å². The molecule has 15 heteroatoms. The van der Waals surface area contributed by atoms with Crippen molar-refractivity contribution in [3.63, 3.8) is 0 Å². The van der Waals surface area contributed by atoms with E-state index in [0.717, 1.165) is 12.4 Å². The minimum Gasteiger partial charge on any atom is -0.470 e. The van der Waals surface area contributed by atoms with E-state index in [0.29, 0.717) is 4.60 Å². The number of aromatic nitrogens is 5. The van der Waals surface area contributed by atoms with Crippen molar-refractivity contribution in [1.82, 2.24) is 24.6 Å². The predicted molar refractivity (Wildman–Crippen MR) is 95.9 cm³/mol. The van der Waals surface area contributed by atoms with Gasteiger partial charge < -0.3 is 4.74 Å². The molecule has 0 aliphatic heterocycles. The Morgan fingerprint density at radius 1 is 1.17 bits per heavy atom. The van der Waals surface area contributed by atoms with Crippen LogP contribution < -0.4 is 4.74 Å². The van der Waals surface area contributed by atoms with Crippen molar-refractivity contribution < 1.29 is 35.1 Å². The molecule has 3 rings (SSSR count). The van der Waals surface area contributed by atoms with E-state index >= 15 is 0 Å². The lowest BCUT2D eigenvalue weighted by Gasteiger charge is -2.19. The quantitative estimate of drug-likeness (QED) is 0.366. The second-order valence-electron chi connectivity index (χ2n) is 5.83. The number of hydrogen-bond donors (Lipinski definition) is 0. The first kappa shape index (κ1) is 22.3. The fraction of sp³-hybridized carbons (Fsp3) is 0.333. The Kier molecular flexibility index (Phi) is 5.70. The largest absolute Gasteiger partial charge is 0.470 e. The van der Waals surface area contributed by atoms with E-state index in [9.17, 15) is 30.4 Å². The molecule has 3 aromatic rings. The average molecular weight is 516 g/mol. The number of rotatable bonds is 6. The summed E-state index contributed by atoms with van der Waals surface area (Å²) in [4.78, 5) is 11.7. The summed E-state index contributed by atoms with van der Waals surface area (Å²) in [7, 11) is -3.82. The molecule has 0 atom stereocenters. The average Bonchev–Trinajstić information content (AvgIpc) is 3.05. The van der Waals surface area contributed by atoms with Crippen molar-refractivity contribution in [2.24, 2.45) is 0 Å². The predicted octanol–water partition coefficient (Wildman–Crippen LogP) is 3.32. The molecule has 0 aliphatic rings. The summed E-state index contributed by atoms with van der Waals surface area (Å²) in [5.41, 5.74) is 0.0679. The molecule has 0 spiro atoms. The van der Waals surface area contributed by atoms with Gasteiger partial charge in [-0.1, -0.05) is 6.92 Å². The zero-order valence-corrected chi connectivity index (χ0v) is 17.3. The lowest BCUT2D eigenvalue weighted by Crippen LogP contribution is -2.41. The van der Waals surface area contributed by atoms with Crippen molar-refractivity contribution >= 4 is 31.4 Å². The van der Waals surface area contributed by atoms with Gasteiger partial charge >= 0.3 is 12.1 Å². The number of halogens is 6. The standard InChI is InChI=1S/C15H11BrF5N5O3S/c1-2-30(27,28)13-11(12-24-9(16)3-4-26(12)25-13)8-5-23-10(6-22-8)29-7-14(17,18)15(19,20)21/h3-6H,2,7H2,1H3. The summed E-state index contributed by atoms with van der Waals surface area (Å²) in [5.74, 6) is -5.95. The molecule has 0 unspecified atom stereocenters. The van der Waals surface area contributed by atoms with Crippen LogP contribution >= 0.6 is 15.9 Å². The van der Waals surface area contributed by atoms with Gasteiger partial charge in [0.1, 0.15) is 4.60 Å². The van der Waals surface area contributed by atoms with Crippen LogP contribution in [-0.4, -0.2) is 57.4 Å². The summed E-state index contributed by atoms with van der Waals surface area (Å²) < 4.78 is 93.4. The van der Waals surface area contributed by atoms with Crippen molar-refractivity contribution in [1.29, 1.82) is 0 Å². The molecule has 0 bridgehead atoms. The molecular weight excluding hydrogens is 505 g/mol. The second kappa shape index (κ2) is 7.68. The lowest BCUT2D eigenvalue weighted by molar-refractivity contribution is -0.290. The zero-order chi connectivity index (χ0) is 22.3. The Morgan fingerprint density at radius 3 is 2.43 bits per heavy atom. The molecule has 3 heterocycles. The fourth-order valence-corrected chi connectivity index (χ4v) is 3.51. The summed E-state index contributed by atoms with van der Waals surface area (Å²) >= 11 is 3.16. The first-order chi connectivity index (χ1) is 13.9. The van der Waals surface area contributed by atoms with E-state index in [1.807, 2.05) is 0 Å². The highest BCUT2D eigenvalue weighted by Crippen LogP contribution is 2.36. The van der Waals surface area contributed by atoms with E-state index in [4.69, 9.17) is 0 Å². The van der Waals surface area contributed by atoms with E-state index in [-0.39, 0.29) is 27.7 Å². The van der Waals surface area contributed by atoms with Gasteiger partial charge in [-0.15, -0.1) is 0 Å². The minimum absolute atomic E-state index is 0.00202. The highest BCUT2D eigenvalue weighted by molar-refractivity contribution is 9.10. The van der Waals surface area contributed by atoms with Crippen LogP contribution in [-0.2, 0) is 9.84 Å². The summed E-state index contributed by atoms with van der Waals surface area (Å²) in [6, 6.07) is 1.52. The Bertz CT molecular complexity index is 1180. The van der Waals surface area contributed by atoms with Crippen LogP contribution in [0.25, 0.3) is 16.9 Å². The molecule has 0 radical (unpaired) electrons. The molecule has 0 saturated carbocycles. The maximum atomic E-state index is 13.0. The van der Waals surface area contributed by atoms with Gasteiger partial charge in [0.15, 0.2) is 27.1 Å². The Morgan fingerprint density at radius 2 is 1.87 bits per heavy atom. The van der Waals surface area contributed by atoms with Gasteiger partial charge in [0.25, 0.3) is 0 Å². The normalized spacial score (nSPS) is 13.0. The summed E-state index contributed by atoms with van der Waals surface area (Å²) in [6.45, 7) is -0.568. The molecule has 3 aromatic heterocycles. The van der Waals surface area contributed by atoms with E-state index in [1.54, 1.807) is 0 Å². The molecule has 162 valence electrons. The number of nitrogens with zero attached hydrogens (tertiary/aromatic N) is 5.